The second kappa shape index (κ2) is 6.98. The molecule has 0 atom stereocenters. The van der Waals surface area contributed by atoms with Crippen LogP contribution in [-0.4, -0.2) is 0 Å². The van der Waals surface area contributed by atoms with Crippen molar-refractivity contribution in [2.45, 2.75) is 0 Å². The minimum Gasteiger partial charge on any atom is -0.309 e. The van der Waals surface area contributed by atoms with Crippen molar-refractivity contribution in [2.24, 2.45) is 0 Å². The van der Waals surface area contributed by atoms with Crippen LogP contribution >= 0.6 is 7.14 Å². The Morgan fingerprint density at radius 3 is 0.952 bits per heavy atom. The predicted molar refractivity (Wildman–Crippen MR) is 85.8 cm³/mol. The molecule has 3 heteroatoms. The summed E-state index contributed by atoms with van der Waals surface area (Å²) >= 11 is 0. The summed E-state index contributed by atoms with van der Waals surface area (Å²) in [4.78, 5) is 0. The first-order valence-electron chi connectivity index (χ1n) is 6.59. The van der Waals surface area contributed by atoms with E-state index in [4.69, 9.17) is 0 Å². The van der Waals surface area contributed by atoms with Gasteiger partial charge in [-0.2, -0.15) is 0 Å². The van der Waals surface area contributed by atoms with Crippen LogP contribution in [0.25, 0.3) is 0 Å². The Labute approximate surface area is 138 Å². The van der Waals surface area contributed by atoms with Gasteiger partial charge < -0.3 is 4.57 Å². The maximum Gasteiger partial charge on any atom is 0.171 e. The van der Waals surface area contributed by atoms with Gasteiger partial charge in [-0.3, -0.25) is 0 Å². The minimum absolute atomic E-state index is 0. The van der Waals surface area contributed by atoms with Crippen molar-refractivity contribution >= 4 is 23.1 Å². The van der Waals surface area contributed by atoms with E-state index in [1.165, 1.54) is 0 Å². The van der Waals surface area contributed by atoms with Crippen LogP contribution in [0, 0.1) is 0 Å². The second-order valence-corrected chi connectivity index (χ2v) is 7.38. The third kappa shape index (κ3) is 3.08. The molecular formula is C18H15OPZn. The van der Waals surface area contributed by atoms with Crippen molar-refractivity contribution in [2.75, 3.05) is 0 Å². The summed E-state index contributed by atoms with van der Waals surface area (Å²) in [5.74, 6) is 0. The molecule has 0 saturated carbocycles. The predicted octanol–water partition coefficient (Wildman–Crippen LogP) is 3.32. The molecule has 0 fully saturated rings. The van der Waals surface area contributed by atoms with Crippen molar-refractivity contribution in [1.82, 2.24) is 0 Å². The van der Waals surface area contributed by atoms with Crippen molar-refractivity contribution in [3.8, 4) is 0 Å². The van der Waals surface area contributed by atoms with Gasteiger partial charge in [-0.05, 0) is 0 Å². The first kappa shape index (κ1) is 15.9. The van der Waals surface area contributed by atoms with E-state index < -0.39 is 7.14 Å². The monoisotopic (exact) mass is 342 g/mol. The number of rotatable bonds is 3. The van der Waals surface area contributed by atoms with Crippen LogP contribution < -0.4 is 15.9 Å². The zero-order valence-corrected chi connectivity index (χ0v) is 15.6. The molecule has 0 aromatic heterocycles. The van der Waals surface area contributed by atoms with Gasteiger partial charge in [0.1, 0.15) is 0 Å². The van der Waals surface area contributed by atoms with Gasteiger partial charge in [0.15, 0.2) is 7.14 Å². The topological polar surface area (TPSA) is 17.1 Å². The zero-order chi connectivity index (χ0) is 13.8. The molecule has 0 aliphatic carbocycles. The molecule has 3 aromatic carbocycles. The summed E-state index contributed by atoms with van der Waals surface area (Å²) in [6.07, 6.45) is 0. The van der Waals surface area contributed by atoms with E-state index in [9.17, 15) is 4.57 Å². The summed E-state index contributed by atoms with van der Waals surface area (Å²) in [5.41, 5.74) is 0. The summed E-state index contributed by atoms with van der Waals surface area (Å²) in [5, 5.41) is 2.62. The van der Waals surface area contributed by atoms with Gasteiger partial charge in [0.2, 0.25) is 0 Å². The van der Waals surface area contributed by atoms with E-state index in [1.54, 1.807) is 0 Å². The molecule has 0 unspecified atom stereocenters. The fourth-order valence-electron chi connectivity index (χ4n) is 2.36. The fourth-order valence-corrected chi connectivity index (χ4v) is 5.03. The number of benzene rings is 3. The van der Waals surface area contributed by atoms with Crippen LogP contribution in [0.15, 0.2) is 91.0 Å². The van der Waals surface area contributed by atoms with Crippen molar-refractivity contribution in [1.29, 1.82) is 0 Å². The summed E-state index contributed by atoms with van der Waals surface area (Å²) in [6, 6.07) is 29.1. The van der Waals surface area contributed by atoms with Gasteiger partial charge in [-0.1, -0.05) is 91.0 Å². The summed E-state index contributed by atoms with van der Waals surface area (Å²) in [7, 11) is -2.78. The van der Waals surface area contributed by atoms with Gasteiger partial charge in [0.25, 0.3) is 0 Å². The van der Waals surface area contributed by atoms with Crippen LogP contribution in [0.5, 0.6) is 0 Å². The number of hydrogen-bond acceptors (Lipinski definition) is 1. The van der Waals surface area contributed by atoms with E-state index in [2.05, 4.69) is 0 Å². The van der Waals surface area contributed by atoms with Gasteiger partial charge in [0.05, 0.1) is 0 Å². The van der Waals surface area contributed by atoms with Crippen LogP contribution in [0.1, 0.15) is 0 Å². The molecule has 0 bridgehead atoms. The van der Waals surface area contributed by atoms with E-state index in [0.717, 1.165) is 15.9 Å². The van der Waals surface area contributed by atoms with Gasteiger partial charge in [-0.25, -0.2) is 0 Å². The Kier molecular flexibility index (Phi) is 5.29. The molecule has 100 valence electrons. The Bertz CT molecular complexity index is 624. The first-order valence-corrected chi connectivity index (χ1v) is 8.29. The van der Waals surface area contributed by atoms with Gasteiger partial charge in [-0.15, -0.1) is 0 Å². The quantitative estimate of drug-likeness (QED) is 0.527. The summed E-state index contributed by atoms with van der Waals surface area (Å²) < 4.78 is 13.8. The molecule has 0 heterocycles. The molecule has 0 spiro atoms. The van der Waals surface area contributed by atoms with Gasteiger partial charge in [0, 0.05) is 35.4 Å². The third-order valence-electron chi connectivity index (χ3n) is 3.36. The Morgan fingerprint density at radius 1 is 0.476 bits per heavy atom. The largest absolute Gasteiger partial charge is 0.309 e. The van der Waals surface area contributed by atoms with Crippen LogP contribution in [-0.2, 0) is 24.0 Å². The molecule has 0 amide bonds. The van der Waals surface area contributed by atoms with Crippen molar-refractivity contribution in [3.63, 3.8) is 0 Å². The molecule has 0 aliphatic rings. The smallest absolute Gasteiger partial charge is 0.171 e. The molecule has 3 aromatic rings. The van der Waals surface area contributed by atoms with Crippen LogP contribution in [0.2, 0.25) is 0 Å². The van der Waals surface area contributed by atoms with E-state index in [0.29, 0.717) is 0 Å². The molecule has 3 rings (SSSR count). The minimum atomic E-state index is -2.78. The van der Waals surface area contributed by atoms with E-state index in [1.807, 2.05) is 91.0 Å². The molecule has 0 aliphatic heterocycles. The Balaban J connectivity index is 0.00000161. The molecule has 1 nitrogen and oxygen atoms in total. The van der Waals surface area contributed by atoms with Crippen LogP contribution in [0.4, 0.5) is 0 Å². The Hall–Kier alpha value is -1.49. The molecule has 0 N–H and O–H groups in total. The molecule has 0 radical (unpaired) electrons. The second-order valence-electron chi connectivity index (χ2n) is 4.62. The maximum absolute atomic E-state index is 13.8. The normalized spacial score (nSPS) is 10.7. The fraction of sp³-hybridized carbons (Fsp3) is 0. The first-order chi connectivity index (χ1) is 9.82. The molecule has 21 heavy (non-hydrogen) atoms. The van der Waals surface area contributed by atoms with E-state index in [-0.39, 0.29) is 19.5 Å². The van der Waals surface area contributed by atoms with Crippen molar-refractivity contribution < 1.29 is 24.0 Å². The molecular weight excluding hydrogens is 329 g/mol. The van der Waals surface area contributed by atoms with Gasteiger partial charge >= 0.3 is 0 Å². The average molecular weight is 344 g/mol. The maximum atomic E-state index is 13.8. The third-order valence-corrected chi connectivity index (χ3v) is 6.44. The average Bonchev–Trinajstić information content (AvgIpc) is 2.56. The van der Waals surface area contributed by atoms with E-state index >= 15 is 0 Å². The Morgan fingerprint density at radius 2 is 0.714 bits per heavy atom. The zero-order valence-electron chi connectivity index (χ0n) is 11.7. The SMILES string of the molecule is O=P(c1ccccc1)(c1ccccc1)c1ccccc1.[Zn]. The van der Waals surface area contributed by atoms with Crippen LogP contribution in [0.3, 0.4) is 0 Å². The van der Waals surface area contributed by atoms with Crippen molar-refractivity contribution in [3.05, 3.63) is 91.0 Å². The number of hydrogen-bond donors (Lipinski definition) is 0. The molecule has 0 saturated heterocycles. The standard InChI is InChI=1S/C18H15OP.Zn/c19-20(16-10-4-1-5-11-16,17-12-6-2-7-13-17)18-14-8-3-9-15-18;/h1-15H;. The summed E-state index contributed by atoms with van der Waals surface area (Å²) in [6.45, 7) is 0.